The maximum Gasteiger partial charge on any atom is 0.573 e. The fourth-order valence-corrected chi connectivity index (χ4v) is 16.5. The molecule has 8 rings (SSSR count). The van der Waals surface area contributed by atoms with Crippen molar-refractivity contribution in [2.45, 2.75) is 23.2 Å². The van der Waals surface area contributed by atoms with Gasteiger partial charge in [0.25, 0.3) is 40.1 Å². The normalized spacial score (nSPS) is 12.2. The molecule has 4 N–H and O–H groups in total. The third-order valence-corrected chi connectivity index (χ3v) is 21.7. The molecule has 0 fully saturated rings. The Morgan fingerprint density at radius 1 is 0.414 bits per heavy atom. The molecule has 13 nitrogen and oxygen atoms in total. The maximum absolute atomic E-state index is 13.0. The Balaban J connectivity index is 0.000000208. The first-order valence-electron chi connectivity index (χ1n) is 18.8. The fraction of sp³-hybridized carbons (Fsp3) is 0.0244. The molecular formula is C41H26BrCl4F3N4O9S8. The van der Waals surface area contributed by atoms with E-state index in [4.69, 9.17) is 46.4 Å². The van der Waals surface area contributed by atoms with Crippen molar-refractivity contribution in [3.8, 4) is 28.0 Å². The molecule has 368 valence electrons. The van der Waals surface area contributed by atoms with Crippen molar-refractivity contribution in [1.82, 2.24) is 0 Å². The van der Waals surface area contributed by atoms with Gasteiger partial charge in [-0.15, -0.1) is 58.5 Å². The molecule has 29 heteroatoms. The predicted octanol–water partition coefficient (Wildman–Crippen LogP) is 14.4. The van der Waals surface area contributed by atoms with Gasteiger partial charge in [0.05, 0.1) is 40.1 Å². The molecule has 0 radical (unpaired) electrons. The minimum Gasteiger partial charge on any atom is -0.406 e. The van der Waals surface area contributed by atoms with Crippen LogP contribution in [-0.4, -0.2) is 40.0 Å². The Morgan fingerprint density at radius 3 is 1.07 bits per heavy atom. The zero-order valence-electron chi connectivity index (χ0n) is 34.2. The van der Waals surface area contributed by atoms with E-state index in [9.17, 15) is 46.8 Å². The van der Waals surface area contributed by atoms with E-state index < -0.39 is 52.2 Å². The van der Waals surface area contributed by atoms with E-state index in [2.05, 4.69) is 39.6 Å². The summed E-state index contributed by atoms with van der Waals surface area (Å²) in [6, 6.07) is 32.3. The number of rotatable bonds is 15. The van der Waals surface area contributed by atoms with Crippen LogP contribution in [0.2, 0.25) is 17.3 Å². The van der Waals surface area contributed by atoms with Gasteiger partial charge in [-0.25, -0.2) is 33.7 Å². The van der Waals surface area contributed by atoms with E-state index in [1.165, 1.54) is 84.9 Å². The highest BCUT2D eigenvalue weighted by Gasteiger charge is 2.31. The third kappa shape index (κ3) is 13.9. The van der Waals surface area contributed by atoms with Gasteiger partial charge in [-0.3, -0.25) is 18.9 Å². The highest BCUT2D eigenvalue weighted by molar-refractivity contribution is 9.10. The van der Waals surface area contributed by atoms with Gasteiger partial charge in [-0.1, -0.05) is 98.7 Å². The Bertz CT molecular complexity index is 3690. The Morgan fingerprint density at radius 2 is 0.743 bits per heavy atom. The van der Waals surface area contributed by atoms with Gasteiger partial charge < -0.3 is 4.74 Å². The summed E-state index contributed by atoms with van der Waals surface area (Å²) in [5.74, 6) is -0.439. The number of halogens is 8. The van der Waals surface area contributed by atoms with Gasteiger partial charge >= 0.3 is 6.36 Å². The Labute approximate surface area is 443 Å². The molecular weight excluding hydrogens is 1230 g/mol. The molecule has 0 spiro atoms. The topological polar surface area (TPSA) is 194 Å². The molecule has 0 aliphatic heterocycles. The number of hydrogen-bond donors (Lipinski definition) is 4. The van der Waals surface area contributed by atoms with Crippen LogP contribution in [0.15, 0.2) is 155 Å². The van der Waals surface area contributed by atoms with Gasteiger partial charge in [-0.05, 0) is 119 Å². The third-order valence-electron chi connectivity index (χ3n) is 8.85. The summed E-state index contributed by atoms with van der Waals surface area (Å²) < 4.78 is 156. The second kappa shape index (κ2) is 21.6. The first-order chi connectivity index (χ1) is 32.7. The predicted molar refractivity (Wildman–Crippen MR) is 279 cm³/mol. The quantitative estimate of drug-likeness (QED) is 0.0773. The molecule has 0 unspecified atom stereocenters. The zero-order chi connectivity index (χ0) is 50.8. The molecule has 0 amide bonds. The fourth-order valence-electron chi connectivity index (χ4n) is 5.86. The van der Waals surface area contributed by atoms with Gasteiger partial charge in [0.2, 0.25) is 0 Å². The number of alkyl halides is 3. The summed E-state index contributed by atoms with van der Waals surface area (Å²) in [6.45, 7) is 0. The number of ether oxygens (including phenoxy) is 1. The molecule has 8 aromatic rings. The SMILES string of the molecule is O=S(=O)(Nc1ccc(-c2ccc(OC(F)(F)F)cc2)cc1NS(=O)(=O)c1ccc(Cl)s1)c1ccc(Cl)s1.O=S(=O)(Nc1ccc(-c2cccc(Br)c2)cc1NS(=O)(=O)c1ccc(Cl)s1)c1ccc(Cl)s1. The first-order valence-corrected chi connectivity index (χ1v) is 30.3. The van der Waals surface area contributed by atoms with Crippen LogP contribution in [0, 0.1) is 0 Å². The monoisotopic (exact) mass is 1250 g/mol. The van der Waals surface area contributed by atoms with Crippen molar-refractivity contribution < 1.29 is 51.6 Å². The smallest absolute Gasteiger partial charge is 0.406 e. The minimum atomic E-state index is -4.86. The summed E-state index contributed by atoms with van der Waals surface area (Å²) in [7, 11) is -16.3. The van der Waals surface area contributed by atoms with Crippen LogP contribution in [-0.2, 0) is 40.1 Å². The van der Waals surface area contributed by atoms with E-state index in [0.717, 1.165) is 67.5 Å². The Kier molecular flexibility index (Phi) is 16.5. The summed E-state index contributed by atoms with van der Waals surface area (Å²) in [6.07, 6.45) is -4.86. The van der Waals surface area contributed by atoms with Crippen LogP contribution >= 0.6 is 108 Å². The Hall–Kier alpha value is -4.09. The van der Waals surface area contributed by atoms with Crippen molar-refractivity contribution in [1.29, 1.82) is 0 Å². The second-order valence-electron chi connectivity index (χ2n) is 13.8. The van der Waals surface area contributed by atoms with Crippen molar-refractivity contribution in [2.24, 2.45) is 0 Å². The van der Waals surface area contributed by atoms with Gasteiger partial charge in [0.1, 0.15) is 22.6 Å². The summed E-state index contributed by atoms with van der Waals surface area (Å²) in [5, 5.41) is 0. The lowest BCUT2D eigenvalue weighted by molar-refractivity contribution is -0.274. The van der Waals surface area contributed by atoms with E-state index in [0.29, 0.717) is 25.4 Å². The molecule has 0 aliphatic carbocycles. The molecule has 0 saturated heterocycles. The second-order valence-corrected chi connectivity index (χ2v) is 29.2. The molecule has 4 aromatic heterocycles. The lowest BCUT2D eigenvalue weighted by Gasteiger charge is -2.16. The number of benzene rings is 4. The van der Waals surface area contributed by atoms with E-state index >= 15 is 0 Å². The molecule has 4 aromatic carbocycles. The molecule has 0 atom stereocenters. The average Bonchev–Trinajstić information content (AvgIpc) is 4.11. The number of sulfonamides is 4. The lowest BCUT2D eigenvalue weighted by Crippen LogP contribution is -2.17. The number of anilines is 4. The van der Waals surface area contributed by atoms with Crippen LogP contribution in [0.5, 0.6) is 5.75 Å². The number of hydrogen-bond acceptors (Lipinski definition) is 13. The van der Waals surface area contributed by atoms with Crippen LogP contribution < -0.4 is 23.6 Å². The van der Waals surface area contributed by atoms with Gasteiger partial charge in [-0.2, -0.15) is 0 Å². The lowest BCUT2D eigenvalue weighted by atomic mass is 10.0. The standard InChI is InChI=1S/C21H13Cl2F3N2O5S4.C20H13BrCl2N2O4S4/c22-17-7-9-19(34-17)36(29,30)27-15-6-3-13(12-1-4-14(5-2-12)33-21(24,25)26)11-16(15)28-37(31,32)20-10-8-18(23)35-20;21-14-3-1-2-12(10-14)13-4-5-15(24-32(26,27)19-8-6-17(22)30-19)16(11-13)25-33(28,29)20-9-7-18(23)31-20/h1-11,27-28H;1-11,24-25H. The number of thiophene rings is 4. The highest BCUT2D eigenvalue weighted by atomic mass is 79.9. The van der Waals surface area contributed by atoms with E-state index in [-0.39, 0.29) is 48.3 Å². The largest absolute Gasteiger partial charge is 0.573 e. The van der Waals surface area contributed by atoms with Crippen molar-refractivity contribution in [3.63, 3.8) is 0 Å². The van der Waals surface area contributed by atoms with Crippen molar-refractivity contribution in [3.05, 3.63) is 155 Å². The molecule has 70 heavy (non-hydrogen) atoms. The van der Waals surface area contributed by atoms with Crippen LogP contribution in [0.25, 0.3) is 22.3 Å². The van der Waals surface area contributed by atoms with Crippen LogP contribution in [0.1, 0.15) is 0 Å². The summed E-state index contributed by atoms with van der Waals surface area (Å²) in [4.78, 5) is 0. The van der Waals surface area contributed by atoms with E-state index in [1.54, 1.807) is 12.1 Å². The first kappa shape index (κ1) is 53.7. The zero-order valence-corrected chi connectivity index (χ0v) is 45.3. The van der Waals surface area contributed by atoms with Gasteiger partial charge in [0.15, 0.2) is 0 Å². The maximum atomic E-state index is 13.0. The molecule has 0 aliphatic rings. The molecule has 0 saturated carbocycles. The minimum absolute atomic E-state index is 0.000737. The van der Waals surface area contributed by atoms with Crippen molar-refractivity contribution >= 4 is 171 Å². The summed E-state index contributed by atoms with van der Waals surface area (Å²) in [5.41, 5.74) is 2.16. The van der Waals surface area contributed by atoms with E-state index in [1.807, 2.05) is 24.3 Å². The molecule has 0 bridgehead atoms. The number of nitrogens with one attached hydrogen (secondary N) is 4. The van der Waals surface area contributed by atoms with Crippen molar-refractivity contribution in [2.75, 3.05) is 18.9 Å². The summed E-state index contributed by atoms with van der Waals surface area (Å²) >= 11 is 30.3. The average molecular weight is 1250 g/mol. The highest BCUT2D eigenvalue weighted by Crippen LogP contribution is 2.38. The van der Waals surface area contributed by atoms with Crippen LogP contribution in [0.3, 0.4) is 0 Å². The van der Waals surface area contributed by atoms with Crippen LogP contribution in [0.4, 0.5) is 35.9 Å². The van der Waals surface area contributed by atoms with Gasteiger partial charge in [0, 0.05) is 4.47 Å². The molecule has 4 heterocycles.